The molecule has 0 saturated heterocycles. The van der Waals surface area contributed by atoms with Gasteiger partial charge in [0.15, 0.2) is 0 Å². The van der Waals surface area contributed by atoms with Crippen molar-refractivity contribution in [3.05, 3.63) is 64.4 Å². The molecule has 1 aromatic heterocycles. The molecule has 3 nitrogen and oxygen atoms in total. The summed E-state index contributed by atoms with van der Waals surface area (Å²) in [6.07, 6.45) is 0. The molecule has 0 amide bonds. The van der Waals surface area contributed by atoms with Crippen LogP contribution in [0, 0.1) is 12.7 Å². The van der Waals surface area contributed by atoms with E-state index in [0.29, 0.717) is 5.82 Å². The van der Waals surface area contributed by atoms with E-state index < -0.39 is 0 Å². The third-order valence-electron chi connectivity index (χ3n) is 3.26. The maximum atomic E-state index is 13.0. The molecule has 0 radical (unpaired) electrons. The molecule has 21 heavy (non-hydrogen) atoms. The smallest absolute Gasteiger partial charge is 0.127 e. The maximum Gasteiger partial charge on any atom is 0.127 e. The van der Waals surface area contributed by atoms with Gasteiger partial charge in [-0.05, 0) is 55.0 Å². The zero-order chi connectivity index (χ0) is 15.0. The second-order valence-electron chi connectivity index (χ2n) is 4.80. The molecule has 3 rings (SSSR count). The Morgan fingerprint density at radius 2 is 1.81 bits per heavy atom. The molecule has 0 saturated carbocycles. The van der Waals surface area contributed by atoms with Crippen molar-refractivity contribution in [2.45, 2.75) is 6.92 Å². The molecule has 2 aromatic carbocycles. The van der Waals surface area contributed by atoms with E-state index in [1.54, 1.807) is 22.9 Å². The van der Waals surface area contributed by atoms with Gasteiger partial charge >= 0.3 is 0 Å². The average Bonchev–Trinajstić information content (AvgIpc) is 2.81. The van der Waals surface area contributed by atoms with Crippen molar-refractivity contribution >= 4 is 21.7 Å². The molecule has 3 aromatic rings. The standard InChI is InChI=1S/C16H13BrFN3/c1-10-8-12(17)4-7-15(10)21-16(19)9-14(20-21)11-2-5-13(18)6-3-11/h2-9H,19H2,1H3. The van der Waals surface area contributed by atoms with Crippen LogP contribution in [0.1, 0.15) is 5.56 Å². The third kappa shape index (κ3) is 2.69. The van der Waals surface area contributed by atoms with Gasteiger partial charge in [0.25, 0.3) is 0 Å². The van der Waals surface area contributed by atoms with Crippen molar-refractivity contribution in [3.63, 3.8) is 0 Å². The van der Waals surface area contributed by atoms with Crippen LogP contribution < -0.4 is 5.73 Å². The van der Waals surface area contributed by atoms with Crippen LogP contribution in [0.4, 0.5) is 10.2 Å². The zero-order valence-corrected chi connectivity index (χ0v) is 12.9. The molecule has 5 heteroatoms. The van der Waals surface area contributed by atoms with Crippen molar-refractivity contribution in [3.8, 4) is 16.9 Å². The number of hydrogen-bond donors (Lipinski definition) is 1. The molecule has 0 aliphatic carbocycles. The normalized spacial score (nSPS) is 10.8. The highest BCUT2D eigenvalue weighted by atomic mass is 79.9. The highest BCUT2D eigenvalue weighted by Crippen LogP contribution is 2.26. The van der Waals surface area contributed by atoms with Gasteiger partial charge < -0.3 is 5.73 Å². The third-order valence-corrected chi connectivity index (χ3v) is 3.76. The predicted octanol–water partition coefficient (Wildman–Crippen LogP) is 4.33. The summed E-state index contributed by atoms with van der Waals surface area (Å²) in [6.45, 7) is 2.00. The highest BCUT2D eigenvalue weighted by molar-refractivity contribution is 9.10. The Morgan fingerprint density at radius 3 is 2.48 bits per heavy atom. The molecule has 0 fully saturated rings. The SMILES string of the molecule is Cc1cc(Br)ccc1-n1nc(-c2ccc(F)cc2)cc1N. The lowest BCUT2D eigenvalue weighted by Gasteiger charge is -2.08. The van der Waals surface area contributed by atoms with Crippen molar-refractivity contribution < 1.29 is 4.39 Å². The summed E-state index contributed by atoms with van der Waals surface area (Å²) < 4.78 is 15.7. The second kappa shape index (κ2) is 5.33. The molecule has 106 valence electrons. The number of benzene rings is 2. The molecule has 0 atom stereocenters. The van der Waals surface area contributed by atoms with E-state index >= 15 is 0 Å². The van der Waals surface area contributed by atoms with Crippen LogP contribution in [0.5, 0.6) is 0 Å². The van der Waals surface area contributed by atoms with Crippen LogP contribution in [-0.4, -0.2) is 9.78 Å². The Morgan fingerprint density at radius 1 is 1.10 bits per heavy atom. The first-order valence-corrected chi connectivity index (χ1v) is 7.22. The summed E-state index contributed by atoms with van der Waals surface area (Å²) in [7, 11) is 0. The average molecular weight is 346 g/mol. The van der Waals surface area contributed by atoms with Gasteiger partial charge in [-0.2, -0.15) is 5.10 Å². The molecule has 0 spiro atoms. The van der Waals surface area contributed by atoms with E-state index in [9.17, 15) is 4.39 Å². The van der Waals surface area contributed by atoms with Crippen molar-refractivity contribution in [1.82, 2.24) is 9.78 Å². The Kier molecular flexibility index (Phi) is 3.51. The number of anilines is 1. The monoisotopic (exact) mass is 345 g/mol. The van der Waals surface area contributed by atoms with Crippen molar-refractivity contribution in [2.75, 3.05) is 5.73 Å². The number of halogens is 2. The Balaban J connectivity index is 2.07. The fourth-order valence-electron chi connectivity index (χ4n) is 2.21. The lowest BCUT2D eigenvalue weighted by Crippen LogP contribution is -2.03. The van der Waals surface area contributed by atoms with Gasteiger partial charge in [0.05, 0.1) is 11.4 Å². The van der Waals surface area contributed by atoms with Crippen molar-refractivity contribution in [2.24, 2.45) is 0 Å². The quantitative estimate of drug-likeness (QED) is 0.751. The molecular formula is C16H13BrFN3. The number of hydrogen-bond acceptors (Lipinski definition) is 2. The van der Waals surface area contributed by atoms with Gasteiger partial charge in [-0.25, -0.2) is 9.07 Å². The number of nitrogens with zero attached hydrogens (tertiary/aromatic N) is 2. The number of rotatable bonds is 2. The summed E-state index contributed by atoms with van der Waals surface area (Å²) in [4.78, 5) is 0. The lowest BCUT2D eigenvalue weighted by molar-refractivity contribution is 0.628. The summed E-state index contributed by atoms with van der Waals surface area (Å²) >= 11 is 3.44. The summed E-state index contributed by atoms with van der Waals surface area (Å²) in [6, 6.07) is 13.9. The highest BCUT2D eigenvalue weighted by Gasteiger charge is 2.11. The molecule has 0 unspecified atom stereocenters. The van der Waals surface area contributed by atoms with Gasteiger partial charge in [0, 0.05) is 16.1 Å². The van der Waals surface area contributed by atoms with Crippen LogP contribution >= 0.6 is 15.9 Å². The fraction of sp³-hybridized carbons (Fsp3) is 0.0625. The van der Waals surface area contributed by atoms with Gasteiger partial charge in [0.1, 0.15) is 11.6 Å². The van der Waals surface area contributed by atoms with Gasteiger partial charge in [-0.1, -0.05) is 15.9 Å². The van der Waals surface area contributed by atoms with Crippen LogP contribution in [0.2, 0.25) is 0 Å². The minimum Gasteiger partial charge on any atom is -0.384 e. The second-order valence-corrected chi connectivity index (χ2v) is 5.72. The van der Waals surface area contributed by atoms with Gasteiger partial charge in [-0.15, -0.1) is 0 Å². The largest absolute Gasteiger partial charge is 0.384 e. The lowest BCUT2D eigenvalue weighted by atomic mass is 10.1. The summed E-state index contributed by atoms with van der Waals surface area (Å²) in [5, 5.41) is 4.52. The molecule has 2 N–H and O–H groups in total. The number of aryl methyl sites for hydroxylation is 1. The van der Waals surface area contributed by atoms with Crippen molar-refractivity contribution in [1.29, 1.82) is 0 Å². The molecule has 0 aliphatic rings. The first kappa shape index (κ1) is 13.8. The van der Waals surface area contributed by atoms with Crippen LogP contribution in [0.3, 0.4) is 0 Å². The van der Waals surface area contributed by atoms with E-state index in [0.717, 1.165) is 27.0 Å². The number of nitrogens with two attached hydrogens (primary N) is 1. The van der Waals surface area contributed by atoms with Gasteiger partial charge in [0.2, 0.25) is 0 Å². The van der Waals surface area contributed by atoms with Crippen LogP contribution in [0.15, 0.2) is 53.0 Å². The first-order chi connectivity index (χ1) is 10.0. The van der Waals surface area contributed by atoms with E-state index in [4.69, 9.17) is 5.73 Å². The Labute approximate surface area is 130 Å². The number of nitrogen functional groups attached to an aromatic ring is 1. The molecular weight excluding hydrogens is 333 g/mol. The first-order valence-electron chi connectivity index (χ1n) is 6.42. The summed E-state index contributed by atoms with van der Waals surface area (Å²) in [5.41, 5.74) is 9.59. The molecule has 1 heterocycles. The van der Waals surface area contributed by atoms with E-state index in [1.165, 1.54) is 12.1 Å². The van der Waals surface area contributed by atoms with Gasteiger partial charge in [-0.3, -0.25) is 0 Å². The Hall–Kier alpha value is -2.14. The van der Waals surface area contributed by atoms with E-state index in [-0.39, 0.29) is 5.82 Å². The maximum absolute atomic E-state index is 13.0. The Bertz CT molecular complexity index is 794. The van der Waals surface area contributed by atoms with Crippen LogP contribution in [-0.2, 0) is 0 Å². The summed E-state index contributed by atoms with van der Waals surface area (Å²) in [5.74, 6) is 0.273. The van der Waals surface area contributed by atoms with E-state index in [1.807, 2.05) is 25.1 Å². The van der Waals surface area contributed by atoms with Crippen LogP contribution in [0.25, 0.3) is 16.9 Å². The predicted molar refractivity (Wildman–Crippen MR) is 85.8 cm³/mol. The number of aromatic nitrogens is 2. The van der Waals surface area contributed by atoms with E-state index in [2.05, 4.69) is 21.0 Å². The zero-order valence-electron chi connectivity index (χ0n) is 11.3. The topological polar surface area (TPSA) is 43.8 Å². The molecule has 0 bridgehead atoms. The molecule has 0 aliphatic heterocycles. The minimum absolute atomic E-state index is 0.269. The minimum atomic E-state index is -0.269. The fourth-order valence-corrected chi connectivity index (χ4v) is 2.68.